The van der Waals surface area contributed by atoms with Gasteiger partial charge in [0.2, 0.25) is 0 Å². The second-order valence-corrected chi connectivity index (χ2v) is 3.27. The molecule has 0 unspecified atom stereocenters. The molecule has 0 bridgehead atoms. The van der Waals surface area contributed by atoms with Crippen molar-refractivity contribution in [2.75, 3.05) is 0 Å². The Morgan fingerprint density at radius 1 is 1.43 bits per heavy atom. The van der Waals surface area contributed by atoms with Crippen LogP contribution in [0.4, 0.5) is 13.2 Å². The summed E-state index contributed by atoms with van der Waals surface area (Å²) in [5.74, 6) is 0.277. The van der Waals surface area contributed by atoms with E-state index in [-0.39, 0.29) is 17.4 Å². The SMILES string of the molecule is N[C@@H](CCC(F)(F)F)c1ccc(Cl)o1. The number of halogens is 4. The zero-order valence-electron chi connectivity index (χ0n) is 7.14. The average Bonchev–Trinajstić information content (AvgIpc) is 2.46. The van der Waals surface area contributed by atoms with E-state index in [1.807, 2.05) is 0 Å². The second-order valence-electron chi connectivity index (χ2n) is 2.90. The van der Waals surface area contributed by atoms with Gasteiger partial charge in [0.05, 0.1) is 6.04 Å². The molecule has 2 nitrogen and oxygen atoms in total. The normalized spacial score (nSPS) is 14.4. The summed E-state index contributed by atoms with van der Waals surface area (Å²) in [5, 5.41) is 0.127. The Morgan fingerprint density at radius 3 is 2.50 bits per heavy atom. The van der Waals surface area contributed by atoms with Crippen molar-refractivity contribution < 1.29 is 17.6 Å². The minimum Gasteiger partial charge on any atom is -0.448 e. The summed E-state index contributed by atoms with van der Waals surface area (Å²) in [6, 6.07) is 2.16. The van der Waals surface area contributed by atoms with Gasteiger partial charge in [-0.2, -0.15) is 13.2 Å². The lowest BCUT2D eigenvalue weighted by Crippen LogP contribution is -2.15. The summed E-state index contributed by atoms with van der Waals surface area (Å²) in [5.41, 5.74) is 5.46. The quantitative estimate of drug-likeness (QED) is 0.861. The molecule has 1 heterocycles. The van der Waals surface area contributed by atoms with Crippen LogP contribution in [0.1, 0.15) is 24.6 Å². The summed E-state index contributed by atoms with van der Waals surface area (Å²) < 4.78 is 40.4. The van der Waals surface area contributed by atoms with E-state index in [0.29, 0.717) is 0 Å². The van der Waals surface area contributed by atoms with Gasteiger partial charge in [-0.05, 0) is 30.2 Å². The molecule has 0 aliphatic rings. The first-order valence-corrected chi connectivity index (χ1v) is 4.34. The lowest BCUT2D eigenvalue weighted by atomic mass is 10.1. The number of nitrogens with two attached hydrogens (primary N) is 1. The van der Waals surface area contributed by atoms with Crippen LogP contribution in [-0.2, 0) is 0 Å². The van der Waals surface area contributed by atoms with E-state index in [1.54, 1.807) is 0 Å². The predicted molar refractivity (Wildman–Crippen MR) is 45.9 cm³/mol. The minimum absolute atomic E-state index is 0.127. The fourth-order valence-electron chi connectivity index (χ4n) is 0.989. The van der Waals surface area contributed by atoms with Crippen molar-refractivity contribution in [1.29, 1.82) is 0 Å². The van der Waals surface area contributed by atoms with Gasteiger partial charge in [-0.1, -0.05) is 0 Å². The molecule has 0 saturated carbocycles. The maximum Gasteiger partial charge on any atom is 0.389 e. The number of furan rings is 1. The lowest BCUT2D eigenvalue weighted by Gasteiger charge is -2.10. The van der Waals surface area contributed by atoms with Crippen LogP contribution in [-0.4, -0.2) is 6.18 Å². The molecular weight excluding hydrogens is 219 g/mol. The number of hydrogen-bond acceptors (Lipinski definition) is 2. The summed E-state index contributed by atoms with van der Waals surface area (Å²) in [4.78, 5) is 0. The molecule has 0 aromatic carbocycles. The monoisotopic (exact) mass is 227 g/mol. The Balaban J connectivity index is 2.47. The first kappa shape index (κ1) is 11.4. The molecule has 1 aromatic rings. The highest BCUT2D eigenvalue weighted by Gasteiger charge is 2.28. The smallest absolute Gasteiger partial charge is 0.389 e. The van der Waals surface area contributed by atoms with Crippen molar-refractivity contribution in [3.05, 3.63) is 23.1 Å². The highest BCUT2D eigenvalue weighted by atomic mass is 35.5. The van der Waals surface area contributed by atoms with E-state index < -0.39 is 18.6 Å². The molecule has 6 heteroatoms. The van der Waals surface area contributed by atoms with E-state index in [4.69, 9.17) is 21.8 Å². The van der Waals surface area contributed by atoms with Gasteiger partial charge in [-0.15, -0.1) is 0 Å². The van der Waals surface area contributed by atoms with Gasteiger partial charge >= 0.3 is 6.18 Å². The standard InChI is InChI=1S/C8H9ClF3NO/c9-7-2-1-6(14-7)5(13)3-4-8(10,11)12/h1-2,5H,3-4,13H2/t5-/m0/s1. The Labute approximate surface area is 83.8 Å². The molecule has 80 valence electrons. The summed E-state index contributed by atoms with van der Waals surface area (Å²) in [6.45, 7) is 0. The van der Waals surface area contributed by atoms with Crippen molar-refractivity contribution in [2.24, 2.45) is 5.73 Å². The van der Waals surface area contributed by atoms with Crippen LogP contribution >= 0.6 is 11.6 Å². The molecule has 0 saturated heterocycles. The van der Waals surface area contributed by atoms with Crippen molar-refractivity contribution in [1.82, 2.24) is 0 Å². The van der Waals surface area contributed by atoms with Crippen LogP contribution in [0.2, 0.25) is 5.22 Å². The molecule has 0 radical (unpaired) electrons. The van der Waals surface area contributed by atoms with Crippen molar-refractivity contribution >= 4 is 11.6 Å². The number of rotatable bonds is 3. The van der Waals surface area contributed by atoms with Gasteiger partial charge in [0.15, 0.2) is 5.22 Å². The fourth-order valence-corrected chi connectivity index (χ4v) is 1.14. The molecule has 14 heavy (non-hydrogen) atoms. The van der Waals surface area contributed by atoms with Crippen LogP contribution in [0, 0.1) is 0 Å². The van der Waals surface area contributed by atoms with Gasteiger partial charge in [-0.25, -0.2) is 0 Å². The zero-order chi connectivity index (χ0) is 10.8. The van der Waals surface area contributed by atoms with E-state index >= 15 is 0 Å². The largest absolute Gasteiger partial charge is 0.448 e. The molecule has 0 amide bonds. The second kappa shape index (κ2) is 4.23. The van der Waals surface area contributed by atoms with Crippen LogP contribution in [0.3, 0.4) is 0 Å². The van der Waals surface area contributed by atoms with E-state index in [9.17, 15) is 13.2 Å². The van der Waals surface area contributed by atoms with Crippen LogP contribution in [0.5, 0.6) is 0 Å². The highest BCUT2D eigenvalue weighted by Crippen LogP contribution is 2.27. The summed E-state index contributed by atoms with van der Waals surface area (Å²) in [6.07, 6.45) is -5.31. The van der Waals surface area contributed by atoms with Gasteiger partial charge in [0.1, 0.15) is 5.76 Å². The molecule has 2 N–H and O–H groups in total. The summed E-state index contributed by atoms with van der Waals surface area (Å²) >= 11 is 5.45. The Kier molecular flexibility index (Phi) is 3.44. The minimum atomic E-state index is -4.19. The van der Waals surface area contributed by atoms with Crippen molar-refractivity contribution in [3.63, 3.8) is 0 Å². The van der Waals surface area contributed by atoms with Crippen LogP contribution in [0.15, 0.2) is 16.5 Å². The third kappa shape index (κ3) is 3.59. The van der Waals surface area contributed by atoms with Crippen molar-refractivity contribution in [3.8, 4) is 0 Å². The van der Waals surface area contributed by atoms with Crippen LogP contribution in [0.25, 0.3) is 0 Å². The molecule has 0 spiro atoms. The first-order valence-electron chi connectivity index (χ1n) is 3.96. The van der Waals surface area contributed by atoms with Crippen LogP contribution < -0.4 is 5.73 Å². The van der Waals surface area contributed by atoms with E-state index in [2.05, 4.69) is 0 Å². The Hall–Kier alpha value is -0.680. The van der Waals surface area contributed by atoms with Gasteiger partial charge < -0.3 is 10.2 Å². The lowest BCUT2D eigenvalue weighted by molar-refractivity contribution is -0.136. The van der Waals surface area contributed by atoms with Gasteiger partial charge in [-0.3, -0.25) is 0 Å². The molecule has 0 aliphatic carbocycles. The van der Waals surface area contributed by atoms with Gasteiger partial charge in [0.25, 0.3) is 0 Å². The maximum absolute atomic E-state index is 11.8. The third-order valence-electron chi connectivity index (χ3n) is 1.70. The van der Waals surface area contributed by atoms with E-state index in [0.717, 1.165) is 0 Å². The highest BCUT2D eigenvalue weighted by molar-refractivity contribution is 6.28. The maximum atomic E-state index is 11.8. The van der Waals surface area contributed by atoms with Crippen molar-refractivity contribution in [2.45, 2.75) is 25.1 Å². The fraction of sp³-hybridized carbons (Fsp3) is 0.500. The molecule has 0 fully saturated rings. The molecule has 1 rings (SSSR count). The summed E-state index contributed by atoms with van der Waals surface area (Å²) in [7, 11) is 0. The third-order valence-corrected chi connectivity index (χ3v) is 1.90. The topological polar surface area (TPSA) is 39.2 Å². The number of hydrogen-bond donors (Lipinski definition) is 1. The predicted octanol–water partition coefficient (Wildman–Crippen LogP) is 3.28. The van der Waals surface area contributed by atoms with E-state index in [1.165, 1.54) is 12.1 Å². The molecule has 1 aromatic heterocycles. The first-order chi connectivity index (χ1) is 6.38. The number of alkyl halides is 3. The molecule has 1 atom stereocenters. The Morgan fingerprint density at radius 2 is 2.07 bits per heavy atom. The van der Waals surface area contributed by atoms with Gasteiger partial charge in [0, 0.05) is 6.42 Å². The molecular formula is C8H9ClF3NO. The Bertz CT molecular complexity index is 297. The molecule has 0 aliphatic heterocycles. The average molecular weight is 228 g/mol. The zero-order valence-corrected chi connectivity index (χ0v) is 7.90.